The lowest BCUT2D eigenvalue weighted by Crippen LogP contribution is -2.44. The normalized spacial score (nSPS) is 21.7. The molecule has 0 atom stereocenters. The molecule has 2 saturated heterocycles. The molecule has 0 unspecified atom stereocenters. The van der Waals surface area contributed by atoms with Gasteiger partial charge in [0.2, 0.25) is 15.9 Å². The first kappa shape index (κ1) is 19.6. The van der Waals surface area contributed by atoms with E-state index in [-0.39, 0.29) is 17.6 Å². The number of nitrogens with zero attached hydrogens (tertiary/aromatic N) is 2. The summed E-state index contributed by atoms with van der Waals surface area (Å²) in [6.45, 7) is 8.01. The monoisotopic (exact) mass is 361 g/mol. The molecule has 2 aliphatic heterocycles. The summed E-state index contributed by atoms with van der Waals surface area (Å²) in [5.74, 6) is 0.219. The predicted molar refractivity (Wildman–Crippen MR) is 93.3 cm³/mol. The highest BCUT2D eigenvalue weighted by molar-refractivity contribution is 7.89. The summed E-state index contributed by atoms with van der Waals surface area (Å²) in [4.78, 5) is 14.6. The van der Waals surface area contributed by atoms with E-state index in [0.29, 0.717) is 38.9 Å². The quantitative estimate of drug-likeness (QED) is 0.628. The van der Waals surface area contributed by atoms with Gasteiger partial charge in [-0.2, -0.15) is 0 Å². The van der Waals surface area contributed by atoms with E-state index in [2.05, 4.69) is 10.2 Å². The van der Waals surface area contributed by atoms with Crippen molar-refractivity contribution in [3.63, 3.8) is 0 Å². The van der Waals surface area contributed by atoms with Crippen molar-refractivity contribution in [2.24, 2.45) is 5.92 Å². The Morgan fingerprint density at radius 2 is 1.83 bits per heavy atom. The van der Waals surface area contributed by atoms with Gasteiger partial charge in [0.1, 0.15) is 0 Å². The van der Waals surface area contributed by atoms with Gasteiger partial charge >= 0.3 is 0 Å². The van der Waals surface area contributed by atoms with Crippen molar-refractivity contribution < 1.29 is 17.9 Å². The lowest BCUT2D eigenvalue weighted by Gasteiger charge is -2.30. The molecule has 0 aromatic rings. The van der Waals surface area contributed by atoms with Gasteiger partial charge in [-0.3, -0.25) is 9.69 Å². The second-order valence-corrected chi connectivity index (χ2v) is 8.68. The van der Waals surface area contributed by atoms with Crippen LogP contribution in [-0.2, 0) is 19.6 Å². The van der Waals surface area contributed by atoms with Gasteiger partial charge in [-0.15, -0.1) is 0 Å². The molecule has 0 aromatic heterocycles. The van der Waals surface area contributed by atoms with Gasteiger partial charge in [0.05, 0.1) is 19.0 Å². The van der Waals surface area contributed by atoms with Crippen LogP contribution in [0.4, 0.5) is 0 Å². The molecular formula is C16H31N3O4S. The van der Waals surface area contributed by atoms with Crippen LogP contribution in [0.3, 0.4) is 0 Å². The van der Waals surface area contributed by atoms with Crippen molar-refractivity contribution in [1.82, 2.24) is 14.5 Å². The highest BCUT2D eigenvalue weighted by Gasteiger charge is 2.30. The van der Waals surface area contributed by atoms with Crippen molar-refractivity contribution in [1.29, 1.82) is 0 Å². The van der Waals surface area contributed by atoms with Crippen molar-refractivity contribution in [2.75, 3.05) is 58.2 Å². The van der Waals surface area contributed by atoms with Crippen LogP contribution in [0.2, 0.25) is 0 Å². The molecule has 0 aromatic carbocycles. The van der Waals surface area contributed by atoms with Gasteiger partial charge in [-0.1, -0.05) is 6.92 Å². The maximum absolute atomic E-state index is 12.2. The smallest absolute Gasteiger partial charge is 0.223 e. The summed E-state index contributed by atoms with van der Waals surface area (Å²) < 4.78 is 30.9. The van der Waals surface area contributed by atoms with E-state index in [9.17, 15) is 13.2 Å². The Morgan fingerprint density at radius 3 is 2.46 bits per heavy atom. The molecule has 8 heteroatoms. The lowest BCUT2D eigenvalue weighted by atomic mass is 9.97. The molecule has 0 bridgehead atoms. The largest absolute Gasteiger partial charge is 0.379 e. The van der Waals surface area contributed by atoms with Crippen LogP contribution in [0.15, 0.2) is 0 Å². The molecule has 0 spiro atoms. The van der Waals surface area contributed by atoms with Gasteiger partial charge in [-0.05, 0) is 32.2 Å². The summed E-state index contributed by atoms with van der Waals surface area (Å²) in [6, 6.07) is 0. The molecule has 1 amide bonds. The molecule has 2 rings (SSSR count). The molecular weight excluding hydrogens is 330 g/mol. The summed E-state index contributed by atoms with van der Waals surface area (Å²) in [7, 11) is -3.13. The Labute approximate surface area is 145 Å². The average molecular weight is 362 g/mol. The first-order valence-electron chi connectivity index (χ1n) is 9.08. The molecule has 2 heterocycles. The highest BCUT2D eigenvalue weighted by atomic mass is 32.2. The van der Waals surface area contributed by atoms with Crippen molar-refractivity contribution in [2.45, 2.75) is 32.6 Å². The fourth-order valence-corrected chi connectivity index (χ4v) is 4.81. The molecule has 140 valence electrons. The number of piperidine rings is 1. The molecule has 0 saturated carbocycles. The van der Waals surface area contributed by atoms with Gasteiger partial charge in [0.15, 0.2) is 0 Å². The lowest BCUT2D eigenvalue weighted by molar-refractivity contribution is -0.126. The Bertz CT molecular complexity index is 484. The van der Waals surface area contributed by atoms with E-state index in [1.807, 2.05) is 6.92 Å². The molecule has 2 fully saturated rings. The Balaban J connectivity index is 1.62. The summed E-state index contributed by atoms with van der Waals surface area (Å²) in [6.07, 6.45) is 2.82. The van der Waals surface area contributed by atoms with E-state index in [4.69, 9.17) is 4.74 Å². The first-order chi connectivity index (χ1) is 11.5. The van der Waals surface area contributed by atoms with E-state index in [1.165, 1.54) is 0 Å². The van der Waals surface area contributed by atoms with Crippen molar-refractivity contribution in [3.8, 4) is 0 Å². The van der Waals surface area contributed by atoms with Gasteiger partial charge in [0, 0.05) is 38.6 Å². The SMILES string of the molecule is CCCS(=O)(=O)N1CCC(C(=O)NCCCN2CCOCC2)CC1. The minimum atomic E-state index is -3.13. The Morgan fingerprint density at radius 1 is 1.17 bits per heavy atom. The molecule has 0 aliphatic carbocycles. The zero-order valence-electron chi connectivity index (χ0n) is 14.7. The second kappa shape index (κ2) is 9.70. The number of carbonyl (C=O) groups is 1. The first-order valence-corrected chi connectivity index (χ1v) is 10.7. The number of ether oxygens (including phenoxy) is 1. The Hall–Kier alpha value is -0.700. The minimum absolute atomic E-state index is 0.0542. The number of nitrogens with one attached hydrogen (secondary N) is 1. The maximum atomic E-state index is 12.2. The van der Waals surface area contributed by atoms with Gasteiger partial charge in [-0.25, -0.2) is 12.7 Å². The van der Waals surface area contributed by atoms with Crippen molar-refractivity contribution >= 4 is 15.9 Å². The number of amides is 1. The molecule has 24 heavy (non-hydrogen) atoms. The minimum Gasteiger partial charge on any atom is -0.379 e. The van der Waals surface area contributed by atoms with Gasteiger partial charge < -0.3 is 10.1 Å². The van der Waals surface area contributed by atoms with Crippen LogP contribution >= 0.6 is 0 Å². The number of carbonyl (C=O) groups excluding carboxylic acids is 1. The second-order valence-electron chi connectivity index (χ2n) is 6.59. The van der Waals surface area contributed by atoms with Crippen molar-refractivity contribution in [3.05, 3.63) is 0 Å². The van der Waals surface area contributed by atoms with Crippen LogP contribution in [-0.4, -0.2) is 81.8 Å². The number of hydrogen-bond donors (Lipinski definition) is 1. The highest BCUT2D eigenvalue weighted by Crippen LogP contribution is 2.20. The third kappa shape index (κ3) is 5.98. The number of rotatable bonds is 8. The molecule has 0 radical (unpaired) electrons. The number of sulfonamides is 1. The van der Waals surface area contributed by atoms with Crippen LogP contribution in [0.1, 0.15) is 32.6 Å². The zero-order chi connectivity index (χ0) is 17.4. The standard InChI is InChI=1S/C16H31N3O4S/c1-2-14-24(21,22)19-8-4-15(5-9-19)16(20)17-6-3-7-18-10-12-23-13-11-18/h15H,2-14H2,1H3,(H,17,20). The fraction of sp³-hybridized carbons (Fsp3) is 0.938. The summed E-state index contributed by atoms with van der Waals surface area (Å²) in [5, 5.41) is 3.01. The molecule has 1 N–H and O–H groups in total. The van der Waals surface area contributed by atoms with E-state index in [1.54, 1.807) is 4.31 Å². The zero-order valence-corrected chi connectivity index (χ0v) is 15.5. The summed E-state index contributed by atoms with van der Waals surface area (Å²) >= 11 is 0. The fourth-order valence-electron chi connectivity index (χ4n) is 3.27. The summed E-state index contributed by atoms with van der Waals surface area (Å²) in [5.41, 5.74) is 0. The van der Waals surface area contributed by atoms with Crippen LogP contribution < -0.4 is 5.32 Å². The maximum Gasteiger partial charge on any atom is 0.223 e. The topological polar surface area (TPSA) is 79.0 Å². The van der Waals surface area contributed by atoms with E-state index >= 15 is 0 Å². The van der Waals surface area contributed by atoms with Crippen LogP contribution in [0.25, 0.3) is 0 Å². The van der Waals surface area contributed by atoms with Gasteiger partial charge in [0.25, 0.3) is 0 Å². The van der Waals surface area contributed by atoms with E-state index < -0.39 is 10.0 Å². The van der Waals surface area contributed by atoms with E-state index in [0.717, 1.165) is 39.3 Å². The third-order valence-corrected chi connectivity index (χ3v) is 6.81. The number of hydrogen-bond acceptors (Lipinski definition) is 5. The molecule has 2 aliphatic rings. The van der Waals surface area contributed by atoms with Crippen LogP contribution in [0, 0.1) is 5.92 Å². The van der Waals surface area contributed by atoms with Crippen LogP contribution in [0.5, 0.6) is 0 Å². The predicted octanol–water partition coefficient (Wildman–Crippen LogP) is 0.277. The number of morpholine rings is 1. The third-order valence-electron chi connectivity index (χ3n) is 4.73. The Kier molecular flexibility index (Phi) is 7.93. The molecule has 7 nitrogen and oxygen atoms in total. The average Bonchev–Trinajstić information content (AvgIpc) is 2.59.